The van der Waals surface area contributed by atoms with Crippen molar-refractivity contribution >= 4 is 39.2 Å². The summed E-state index contributed by atoms with van der Waals surface area (Å²) in [5.41, 5.74) is 1.16. The summed E-state index contributed by atoms with van der Waals surface area (Å²) in [6.07, 6.45) is 8.25. The van der Waals surface area contributed by atoms with Gasteiger partial charge in [0, 0.05) is 11.9 Å². The number of hydrogen-bond donors (Lipinski definition) is 1. The zero-order chi connectivity index (χ0) is 16.6. The molecule has 0 aliphatic heterocycles. The van der Waals surface area contributed by atoms with E-state index in [4.69, 9.17) is 6.42 Å². The Morgan fingerprint density at radius 1 is 1.57 bits per heavy atom. The first-order chi connectivity index (χ1) is 11.0. The van der Waals surface area contributed by atoms with E-state index in [0.29, 0.717) is 5.16 Å². The highest BCUT2D eigenvalue weighted by atomic mass is 32.2. The van der Waals surface area contributed by atoms with Crippen LogP contribution in [0, 0.1) is 12.3 Å². The normalized spacial score (nSPS) is 14.5. The second kappa shape index (κ2) is 6.38. The van der Waals surface area contributed by atoms with Crippen molar-refractivity contribution in [1.29, 1.82) is 0 Å². The van der Waals surface area contributed by atoms with Gasteiger partial charge in [0.1, 0.15) is 4.83 Å². The predicted molar refractivity (Wildman–Crippen MR) is 94.0 cm³/mol. The van der Waals surface area contributed by atoms with E-state index in [-0.39, 0.29) is 23.3 Å². The smallest absolute Gasteiger partial charge is 0.262 e. The molecule has 0 saturated carbocycles. The van der Waals surface area contributed by atoms with Crippen molar-refractivity contribution < 1.29 is 4.79 Å². The molecule has 1 N–H and O–H groups in total. The Morgan fingerprint density at radius 3 is 3.09 bits per heavy atom. The first kappa shape index (κ1) is 16.1. The molecule has 5 nitrogen and oxygen atoms in total. The number of thiophene rings is 1. The van der Waals surface area contributed by atoms with Crippen LogP contribution >= 0.6 is 23.1 Å². The lowest BCUT2D eigenvalue weighted by atomic mass is 10.2. The van der Waals surface area contributed by atoms with E-state index >= 15 is 0 Å². The van der Waals surface area contributed by atoms with Crippen LogP contribution in [0.1, 0.15) is 23.8 Å². The van der Waals surface area contributed by atoms with Crippen LogP contribution in [0.3, 0.4) is 0 Å². The lowest BCUT2D eigenvalue weighted by Crippen LogP contribution is -2.32. The molecular weight excluding hydrogens is 330 g/mol. The minimum Gasteiger partial charge on any atom is -0.344 e. The van der Waals surface area contributed by atoms with Gasteiger partial charge in [-0.25, -0.2) is 4.98 Å². The van der Waals surface area contributed by atoms with Crippen LogP contribution in [-0.4, -0.2) is 27.3 Å². The molecule has 0 radical (unpaired) electrons. The van der Waals surface area contributed by atoms with Crippen LogP contribution in [0.15, 0.2) is 9.95 Å². The zero-order valence-electron chi connectivity index (χ0n) is 13.0. The minimum absolute atomic E-state index is 0.0202. The Kier molecular flexibility index (Phi) is 4.46. The Bertz CT molecular complexity index is 876. The summed E-state index contributed by atoms with van der Waals surface area (Å²) in [6.45, 7) is 1.98. The maximum atomic E-state index is 12.7. The molecule has 0 bridgehead atoms. The molecule has 0 fully saturated rings. The number of aryl methyl sites for hydroxylation is 2. The molecule has 1 aliphatic carbocycles. The van der Waals surface area contributed by atoms with Crippen LogP contribution in [0.2, 0.25) is 0 Å². The molecule has 1 atom stereocenters. The summed E-state index contributed by atoms with van der Waals surface area (Å²) in [7, 11) is 1.71. The van der Waals surface area contributed by atoms with Gasteiger partial charge < -0.3 is 5.32 Å². The molecule has 2 aromatic heterocycles. The monoisotopic (exact) mass is 347 g/mol. The molecule has 23 heavy (non-hydrogen) atoms. The van der Waals surface area contributed by atoms with Gasteiger partial charge in [-0.2, -0.15) is 0 Å². The van der Waals surface area contributed by atoms with Crippen LogP contribution in [0.4, 0.5) is 0 Å². The number of hydrogen-bond acceptors (Lipinski definition) is 5. The van der Waals surface area contributed by atoms with Gasteiger partial charge in [0.15, 0.2) is 5.16 Å². The van der Waals surface area contributed by atoms with Gasteiger partial charge in [0.05, 0.1) is 17.2 Å². The summed E-state index contributed by atoms with van der Waals surface area (Å²) in [5.74, 6) is 2.22. The maximum Gasteiger partial charge on any atom is 0.262 e. The van der Waals surface area contributed by atoms with Crippen molar-refractivity contribution in [1.82, 2.24) is 14.9 Å². The number of terminal acetylenes is 1. The van der Waals surface area contributed by atoms with Gasteiger partial charge in [-0.05, 0) is 31.7 Å². The van der Waals surface area contributed by atoms with Crippen molar-refractivity contribution in [2.24, 2.45) is 7.05 Å². The number of thioether (sulfide) groups is 1. The van der Waals surface area contributed by atoms with E-state index in [1.807, 2.05) is 0 Å². The first-order valence-corrected chi connectivity index (χ1v) is 9.11. The fourth-order valence-electron chi connectivity index (χ4n) is 2.70. The van der Waals surface area contributed by atoms with E-state index < -0.39 is 0 Å². The maximum absolute atomic E-state index is 12.7. The van der Waals surface area contributed by atoms with E-state index in [2.05, 4.69) is 16.2 Å². The van der Waals surface area contributed by atoms with E-state index in [0.717, 1.165) is 29.5 Å². The molecule has 1 amide bonds. The largest absolute Gasteiger partial charge is 0.344 e. The van der Waals surface area contributed by atoms with Crippen LogP contribution in [0.5, 0.6) is 0 Å². The van der Waals surface area contributed by atoms with E-state index in [1.54, 1.807) is 29.9 Å². The van der Waals surface area contributed by atoms with Gasteiger partial charge in [-0.1, -0.05) is 17.7 Å². The quantitative estimate of drug-likeness (QED) is 0.520. The van der Waals surface area contributed by atoms with Gasteiger partial charge in [-0.15, -0.1) is 17.8 Å². The van der Waals surface area contributed by atoms with Crippen molar-refractivity contribution in [2.75, 3.05) is 6.54 Å². The Labute approximate surface area is 142 Å². The number of aromatic nitrogens is 2. The summed E-state index contributed by atoms with van der Waals surface area (Å²) >= 11 is 2.88. The third kappa shape index (κ3) is 2.89. The summed E-state index contributed by atoms with van der Waals surface area (Å²) in [5, 5.41) is 3.60. The van der Waals surface area contributed by atoms with Gasteiger partial charge in [0.25, 0.3) is 5.56 Å². The highest BCUT2D eigenvalue weighted by molar-refractivity contribution is 8.00. The van der Waals surface area contributed by atoms with Crippen LogP contribution in [-0.2, 0) is 24.7 Å². The molecule has 0 spiro atoms. The van der Waals surface area contributed by atoms with Crippen molar-refractivity contribution in [3.63, 3.8) is 0 Å². The number of nitrogens with one attached hydrogen (secondary N) is 1. The number of carbonyl (C=O) groups is 1. The SMILES string of the molecule is C#CCNC(=O)C(C)Sc1nc2sc3c(c2c(=O)n1C)CCC3. The highest BCUT2D eigenvalue weighted by Gasteiger charge is 2.24. The van der Waals surface area contributed by atoms with E-state index in [1.165, 1.54) is 22.2 Å². The molecular formula is C16H17N3O2S2. The summed E-state index contributed by atoms with van der Waals surface area (Å²) in [4.78, 5) is 31.3. The summed E-state index contributed by atoms with van der Waals surface area (Å²) < 4.78 is 1.54. The fourth-order valence-corrected chi connectivity index (χ4v) is 4.91. The number of carbonyl (C=O) groups excluding carboxylic acids is 1. The van der Waals surface area contributed by atoms with E-state index in [9.17, 15) is 9.59 Å². The molecule has 7 heteroatoms. The predicted octanol–water partition coefficient (Wildman–Crippen LogP) is 1.71. The second-order valence-electron chi connectivity index (χ2n) is 5.48. The Morgan fingerprint density at radius 2 is 2.35 bits per heavy atom. The number of nitrogens with zero attached hydrogens (tertiary/aromatic N) is 2. The minimum atomic E-state index is -0.370. The van der Waals surface area contributed by atoms with Crippen molar-refractivity contribution in [2.45, 2.75) is 36.6 Å². The van der Waals surface area contributed by atoms with Crippen LogP contribution < -0.4 is 10.9 Å². The lowest BCUT2D eigenvalue weighted by molar-refractivity contribution is -0.120. The average Bonchev–Trinajstić information content (AvgIpc) is 3.10. The molecule has 2 aromatic rings. The van der Waals surface area contributed by atoms with Crippen molar-refractivity contribution in [3.8, 4) is 12.3 Å². The molecule has 3 rings (SSSR count). The first-order valence-electron chi connectivity index (χ1n) is 7.42. The molecule has 1 aliphatic rings. The van der Waals surface area contributed by atoms with Gasteiger partial charge >= 0.3 is 0 Å². The van der Waals surface area contributed by atoms with Gasteiger partial charge in [-0.3, -0.25) is 14.2 Å². The third-order valence-corrected chi connectivity index (χ3v) is 6.25. The number of rotatable bonds is 4. The third-order valence-electron chi connectivity index (χ3n) is 3.92. The fraction of sp³-hybridized carbons (Fsp3) is 0.438. The molecule has 0 saturated heterocycles. The summed E-state index contributed by atoms with van der Waals surface area (Å²) in [6, 6.07) is 0. The Balaban J connectivity index is 1.93. The molecule has 0 aromatic carbocycles. The molecule has 120 valence electrons. The topological polar surface area (TPSA) is 64.0 Å². The Hall–Kier alpha value is -1.78. The van der Waals surface area contributed by atoms with Crippen LogP contribution in [0.25, 0.3) is 10.2 Å². The molecule has 2 heterocycles. The number of amides is 1. The zero-order valence-corrected chi connectivity index (χ0v) is 14.6. The standard InChI is InChI=1S/C16H17N3O2S2/c1-4-8-17-13(20)9(2)22-16-18-14-12(15(21)19(16)3)10-6-5-7-11(10)23-14/h1,9H,5-8H2,2-3H3,(H,17,20). The molecule has 1 unspecified atom stereocenters. The number of fused-ring (bicyclic) bond motifs is 3. The highest BCUT2D eigenvalue weighted by Crippen LogP contribution is 2.35. The average molecular weight is 347 g/mol. The lowest BCUT2D eigenvalue weighted by Gasteiger charge is -2.12. The van der Waals surface area contributed by atoms with Gasteiger partial charge in [0.2, 0.25) is 5.91 Å². The van der Waals surface area contributed by atoms with Crippen molar-refractivity contribution in [3.05, 3.63) is 20.8 Å². The second-order valence-corrected chi connectivity index (χ2v) is 7.87.